The number of benzene rings is 2. The van der Waals surface area contributed by atoms with E-state index in [1.165, 1.54) is 88.4 Å². The fourth-order valence-electron chi connectivity index (χ4n) is 3.93. The van der Waals surface area contributed by atoms with Crippen molar-refractivity contribution >= 4 is 42.8 Å². The predicted octanol–water partition coefficient (Wildman–Crippen LogP) is 9.47. The molecule has 0 aliphatic heterocycles. The SMILES string of the molecule is CCCCCCCCCCc1cc2cc3sc(-c4ccccc4)cc3cc2s1. The molecule has 0 spiro atoms. The standard InChI is InChI=1S/C26H30S2/c1-2-3-4-5-6-7-8-12-15-23-16-21-17-26-22(19-25(21)27-23)18-24(28-26)20-13-10-9-11-14-20/h9-11,13-14,16-19H,2-8,12,15H2,1H3. The van der Waals surface area contributed by atoms with E-state index in [-0.39, 0.29) is 0 Å². The van der Waals surface area contributed by atoms with Crippen molar-refractivity contribution in [3.63, 3.8) is 0 Å². The maximum absolute atomic E-state index is 2.43. The summed E-state index contributed by atoms with van der Waals surface area (Å²) in [5.41, 5.74) is 1.32. The number of hydrogen-bond donors (Lipinski definition) is 0. The van der Waals surface area contributed by atoms with E-state index in [0.717, 1.165) is 0 Å². The van der Waals surface area contributed by atoms with Gasteiger partial charge in [-0.15, -0.1) is 22.7 Å². The molecule has 0 N–H and O–H groups in total. The Morgan fingerprint density at radius 3 is 2.04 bits per heavy atom. The van der Waals surface area contributed by atoms with Crippen LogP contribution in [-0.2, 0) is 6.42 Å². The zero-order chi connectivity index (χ0) is 19.2. The van der Waals surface area contributed by atoms with Crippen LogP contribution in [0, 0.1) is 0 Å². The highest BCUT2D eigenvalue weighted by atomic mass is 32.1. The van der Waals surface area contributed by atoms with Crippen LogP contribution in [0.25, 0.3) is 30.6 Å². The monoisotopic (exact) mass is 406 g/mol. The lowest BCUT2D eigenvalue weighted by Crippen LogP contribution is -1.83. The van der Waals surface area contributed by atoms with Crippen LogP contribution in [0.1, 0.15) is 63.2 Å². The summed E-state index contributed by atoms with van der Waals surface area (Å²) in [6.45, 7) is 2.29. The van der Waals surface area contributed by atoms with Crippen molar-refractivity contribution < 1.29 is 0 Å². The molecule has 0 aliphatic rings. The third-order valence-electron chi connectivity index (χ3n) is 5.54. The van der Waals surface area contributed by atoms with Gasteiger partial charge >= 0.3 is 0 Å². The summed E-state index contributed by atoms with van der Waals surface area (Å²) in [5, 5.41) is 2.81. The van der Waals surface area contributed by atoms with E-state index in [1.807, 2.05) is 22.7 Å². The van der Waals surface area contributed by atoms with Gasteiger partial charge in [-0.05, 0) is 53.4 Å². The first-order valence-electron chi connectivity index (χ1n) is 10.8. The first-order valence-corrected chi connectivity index (χ1v) is 12.5. The lowest BCUT2D eigenvalue weighted by Gasteiger charge is -2.00. The molecular formula is C26H30S2. The summed E-state index contributed by atoms with van der Waals surface area (Å²) in [6, 6.07) is 20.3. The van der Waals surface area contributed by atoms with Gasteiger partial charge in [-0.25, -0.2) is 0 Å². The molecule has 0 nitrogen and oxygen atoms in total. The second kappa shape index (κ2) is 9.71. The third kappa shape index (κ3) is 4.85. The van der Waals surface area contributed by atoms with Crippen molar-refractivity contribution in [2.24, 2.45) is 0 Å². The average molecular weight is 407 g/mol. The molecule has 2 heteroatoms. The van der Waals surface area contributed by atoms with E-state index < -0.39 is 0 Å². The first kappa shape index (κ1) is 19.7. The molecule has 0 unspecified atom stereocenters. The van der Waals surface area contributed by atoms with E-state index in [9.17, 15) is 0 Å². The molecule has 0 saturated heterocycles. The van der Waals surface area contributed by atoms with E-state index in [0.29, 0.717) is 0 Å². The molecule has 2 aromatic heterocycles. The van der Waals surface area contributed by atoms with Gasteiger partial charge in [-0.1, -0.05) is 82.2 Å². The molecule has 2 aromatic carbocycles. The molecule has 0 bridgehead atoms. The van der Waals surface area contributed by atoms with Gasteiger partial charge in [0, 0.05) is 19.2 Å². The van der Waals surface area contributed by atoms with Gasteiger partial charge < -0.3 is 0 Å². The molecule has 0 aliphatic carbocycles. The van der Waals surface area contributed by atoms with Crippen molar-refractivity contribution in [2.75, 3.05) is 0 Å². The van der Waals surface area contributed by atoms with Gasteiger partial charge in [0.2, 0.25) is 0 Å². The molecule has 2 heterocycles. The van der Waals surface area contributed by atoms with E-state index >= 15 is 0 Å². The van der Waals surface area contributed by atoms with Crippen molar-refractivity contribution in [1.82, 2.24) is 0 Å². The number of unbranched alkanes of at least 4 members (excludes halogenated alkanes) is 7. The molecule has 0 fully saturated rings. The quantitative estimate of drug-likeness (QED) is 0.230. The molecule has 0 radical (unpaired) electrons. The van der Waals surface area contributed by atoms with Gasteiger partial charge in [0.15, 0.2) is 0 Å². The Kier molecular flexibility index (Phi) is 6.82. The molecular weight excluding hydrogens is 376 g/mol. The number of fused-ring (bicyclic) bond motifs is 2. The Labute approximate surface area is 177 Å². The fraction of sp³-hybridized carbons (Fsp3) is 0.385. The van der Waals surface area contributed by atoms with E-state index in [2.05, 4.69) is 61.5 Å². The molecule has 28 heavy (non-hydrogen) atoms. The minimum absolute atomic E-state index is 1.25. The van der Waals surface area contributed by atoms with Crippen molar-refractivity contribution in [3.8, 4) is 10.4 Å². The predicted molar refractivity (Wildman–Crippen MR) is 129 cm³/mol. The third-order valence-corrected chi connectivity index (χ3v) is 7.85. The number of hydrogen-bond acceptors (Lipinski definition) is 2. The molecule has 0 saturated carbocycles. The Bertz CT molecular complexity index is 956. The van der Waals surface area contributed by atoms with Crippen LogP contribution in [0.2, 0.25) is 0 Å². The van der Waals surface area contributed by atoms with Gasteiger partial charge in [0.05, 0.1) is 0 Å². The lowest BCUT2D eigenvalue weighted by atomic mass is 10.1. The Morgan fingerprint density at radius 1 is 0.643 bits per heavy atom. The Morgan fingerprint density at radius 2 is 1.29 bits per heavy atom. The van der Waals surface area contributed by atoms with E-state index in [4.69, 9.17) is 0 Å². The van der Waals surface area contributed by atoms with Crippen molar-refractivity contribution in [3.05, 3.63) is 59.5 Å². The van der Waals surface area contributed by atoms with Crippen molar-refractivity contribution in [1.29, 1.82) is 0 Å². The molecule has 0 atom stereocenters. The first-order chi connectivity index (χ1) is 13.8. The molecule has 4 rings (SSSR count). The Balaban J connectivity index is 1.37. The zero-order valence-corrected chi connectivity index (χ0v) is 18.5. The lowest BCUT2D eigenvalue weighted by molar-refractivity contribution is 0.576. The number of thiophene rings is 2. The largest absolute Gasteiger partial charge is 0.140 e. The molecule has 4 aromatic rings. The summed E-state index contributed by atoms with van der Waals surface area (Å²) < 4.78 is 2.85. The highest BCUT2D eigenvalue weighted by Gasteiger charge is 2.08. The topological polar surface area (TPSA) is 0 Å². The average Bonchev–Trinajstić information content (AvgIpc) is 3.31. The molecule has 0 amide bonds. The van der Waals surface area contributed by atoms with Crippen LogP contribution in [0.5, 0.6) is 0 Å². The highest BCUT2D eigenvalue weighted by molar-refractivity contribution is 7.23. The molecule has 146 valence electrons. The highest BCUT2D eigenvalue weighted by Crippen LogP contribution is 2.38. The van der Waals surface area contributed by atoms with Gasteiger partial charge in [0.25, 0.3) is 0 Å². The summed E-state index contributed by atoms with van der Waals surface area (Å²) in [4.78, 5) is 2.93. The van der Waals surface area contributed by atoms with Crippen LogP contribution >= 0.6 is 22.7 Å². The Hall–Kier alpha value is -1.64. The van der Waals surface area contributed by atoms with Crippen LogP contribution in [0.3, 0.4) is 0 Å². The minimum atomic E-state index is 1.25. The van der Waals surface area contributed by atoms with Crippen LogP contribution in [-0.4, -0.2) is 0 Å². The normalized spacial score (nSPS) is 11.6. The van der Waals surface area contributed by atoms with Crippen LogP contribution in [0.4, 0.5) is 0 Å². The zero-order valence-electron chi connectivity index (χ0n) is 16.9. The summed E-state index contributed by atoms with van der Waals surface area (Å²) >= 11 is 3.91. The second-order valence-corrected chi connectivity index (χ2v) is 10.1. The summed E-state index contributed by atoms with van der Waals surface area (Å²) in [5.74, 6) is 0. The van der Waals surface area contributed by atoms with Gasteiger partial charge in [-0.2, -0.15) is 0 Å². The van der Waals surface area contributed by atoms with Crippen LogP contribution < -0.4 is 0 Å². The van der Waals surface area contributed by atoms with Gasteiger partial charge in [0.1, 0.15) is 0 Å². The van der Waals surface area contributed by atoms with Crippen LogP contribution in [0.15, 0.2) is 54.6 Å². The van der Waals surface area contributed by atoms with E-state index in [1.54, 1.807) is 4.88 Å². The number of rotatable bonds is 10. The summed E-state index contributed by atoms with van der Waals surface area (Å²) in [6.07, 6.45) is 12.4. The maximum Gasteiger partial charge on any atom is 0.0356 e. The van der Waals surface area contributed by atoms with Gasteiger partial charge in [-0.3, -0.25) is 0 Å². The summed E-state index contributed by atoms with van der Waals surface area (Å²) in [7, 11) is 0. The smallest absolute Gasteiger partial charge is 0.0356 e. The maximum atomic E-state index is 2.43. The minimum Gasteiger partial charge on any atom is -0.140 e. The fourth-order valence-corrected chi connectivity index (χ4v) is 6.16. The van der Waals surface area contributed by atoms with Crippen molar-refractivity contribution in [2.45, 2.75) is 64.7 Å². The number of aryl methyl sites for hydroxylation is 1. The second-order valence-electron chi connectivity index (χ2n) is 7.84.